The molecular formula is C12H23F2NO2. The van der Waals surface area contributed by atoms with Gasteiger partial charge in [0.2, 0.25) is 0 Å². The van der Waals surface area contributed by atoms with Crippen molar-refractivity contribution in [2.75, 3.05) is 19.7 Å². The Morgan fingerprint density at radius 3 is 2.29 bits per heavy atom. The third-order valence-corrected chi connectivity index (χ3v) is 3.23. The predicted molar refractivity (Wildman–Crippen MR) is 62.3 cm³/mol. The van der Waals surface area contributed by atoms with Crippen molar-refractivity contribution in [3.05, 3.63) is 0 Å². The van der Waals surface area contributed by atoms with E-state index in [0.29, 0.717) is 6.42 Å². The van der Waals surface area contributed by atoms with Crippen LogP contribution < -0.4 is 0 Å². The molecule has 0 aromatic heterocycles. The summed E-state index contributed by atoms with van der Waals surface area (Å²) in [5.41, 5.74) is -0.766. The summed E-state index contributed by atoms with van der Waals surface area (Å²) in [7, 11) is 0. The van der Waals surface area contributed by atoms with Crippen LogP contribution in [0.15, 0.2) is 0 Å². The minimum Gasteiger partial charge on any atom is -0.395 e. The summed E-state index contributed by atoms with van der Waals surface area (Å²) in [6.45, 7) is 7.61. The molecule has 0 amide bonds. The highest BCUT2D eigenvalue weighted by atomic mass is 19.3. The van der Waals surface area contributed by atoms with Crippen molar-refractivity contribution >= 4 is 0 Å². The quantitative estimate of drug-likeness (QED) is 0.810. The maximum atomic E-state index is 12.5. The van der Waals surface area contributed by atoms with Gasteiger partial charge in [0, 0.05) is 12.6 Å². The molecule has 0 radical (unpaired) electrons. The van der Waals surface area contributed by atoms with Crippen LogP contribution in [0.1, 0.15) is 34.1 Å². The minimum atomic E-state index is -2.39. The van der Waals surface area contributed by atoms with E-state index in [2.05, 4.69) is 0 Å². The first kappa shape index (κ1) is 14.8. The number of aliphatic hydroxyl groups excluding tert-OH is 1. The molecule has 1 unspecified atom stereocenters. The highest BCUT2D eigenvalue weighted by molar-refractivity contribution is 5.00. The van der Waals surface area contributed by atoms with Crippen LogP contribution in [0.25, 0.3) is 0 Å². The lowest BCUT2D eigenvalue weighted by atomic mass is 9.93. The van der Waals surface area contributed by atoms with Crippen molar-refractivity contribution in [2.45, 2.75) is 57.8 Å². The summed E-state index contributed by atoms with van der Waals surface area (Å²) in [5, 5.41) is 8.98. The first-order valence-electron chi connectivity index (χ1n) is 6.01. The van der Waals surface area contributed by atoms with E-state index in [1.165, 1.54) is 0 Å². The average Bonchev–Trinajstić information content (AvgIpc) is 2.32. The molecule has 1 rings (SSSR count). The molecule has 0 saturated carbocycles. The summed E-state index contributed by atoms with van der Waals surface area (Å²) in [4.78, 5) is 1.64. The number of hydrogen-bond donors (Lipinski definition) is 1. The minimum absolute atomic E-state index is 0.0846. The molecule has 1 aliphatic heterocycles. The summed E-state index contributed by atoms with van der Waals surface area (Å²) in [6, 6.07) is -0.0846. The van der Waals surface area contributed by atoms with Crippen LogP contribution in [-0.2, 0) is 4.74 Å². The van der Waals surface area contributed by atoms with Crippen molar-refractivity contribution in [1.82, 2.24) is 4.90 Å². The van der Waals surface area contributed by atoms with E-state index in [1.807, 2.05) is 27.7 Å². The third-order valence-electron chi connectivity index (χ3n) is 3.23. The lowest BCUT2D eigenvalue weighted by Gasteiger charge is -2.35. The Hall–Kier alpha value is -0.260. The van der Waals surface area contributed by atoms with Crippen molar-refractivity contribution in [1.29, 1.82) is 0 Å². The van der Waals surface area contributed by atoms with Gasteiger partial charge in [-0.25, -0.2) is 8.78 Å². The number of aliphatic hydroxyl groups is 1. The second-order valence-corrected chi connectivity index (χ2v) is 5.79. The van der Waals surface area contributed by atoms with Crippen LogP contribution in [0.4, 0.5) is 8.78 Å². The van der Waals surface area contributed by atoms with Crippen LogP contribution in [-0.4, -0.2) is 53.4 Å². The van der Waals surface area contributed by atoms with Crippen molar-refractivity contribution in [2.24, 2.45) is 0 Å². The Labute approximate surface area is 102 Å². The summed E-state index contributed by atoms with van der Waals surface area (Å²) in [6.07, 6.45) is -1.69. The fourth-order valence-corrected chi connectivity index (χ4v) is 2.78. The molecule has 1 fully saturated rings. The number of ether oxygens (including phenoxy) is 1. The van der Waals surface area contributed by atoms with E-state index in [1.54, 1.807) is 4.90 Å². The summed E-state index contributed by atoms with van der Waals surface area (Å²) in [5.74, 6) is 0. The van der Waals surface area contributed by atoms with Gasteiger partial charge in [0.15, 0.2) is 0 Å². The molecule has 0 aromatic rings. The number of hydrogen-bond acceptors (Lipinski definition) is 3. The molecule has 1 atom stereocenters. The van der Waals surface area contributed by atoms with Crippen molar-refractivity contribution in [3.63, 3.8) is 0 Å². The molecule has 1 N–H and O–H groups in total. The van der Waals surface area contributed by atoms with Gasteiger partial charge >= 0.3 is 0 Å². The van der Waals surface area contributed by atoms with Crippen molar-refractivity contribution in [3.8, 4) is 0 Å². The topological polar surface area (TPSA) is 32.7 Å². The standard InChI is InChI=1S/C12H23F2NO2/c1-11(2)7-9(12(3,4)17-11)15(5-6-16)8-10(13)14/h9-10,16H,5-8H2,1-4H3. The first-order chi connectivity index (χ1) is 7.68. The molecule has 1 aliphatic rings. The lowest BCUT2D eigenvalue weighted by Crippen LogP contribution is -2.49. The van der Waals surface area contributed by atoms with E-state index in [0.717, 1.165) is 0 Å². The molecule has 17 heavy (non-hydrogen) atoms. The Balaban J connectivity index is 2.79. The summed E-state index contributed by atoms with van der Waals surface area (Å²) >= 11 is 0. The molecule has 0 aliphatic carbocycles. The van der Waals surface area contributed by atoms with Gasteiger partial charge < -0.3 is 9.84 Å². The molecule has 0 aromatic carbocycles. The molecule has 1 saturated heterocycles. The van der Waals surface area contributed by atoms with E-state index in [-0.39, 0.29) is 31.3 Å². The monoisotopic (exact) mass is 251 g/mol. The van der Waals surface area contributed by atoms with E-state index < -0.39 is 12.0 Å². The Morgan fingerprint density at radius 1 is 1.35 bits per heavy atom. The zero-order valence-corrected chi connectivity index (χ0v) is 11.0. The molecule has 102 valence electrons. The molecule has 3 nitrogen and oxygen atoms in total. The molecule has 0 bridgehead atoms. The third kappa shape index (κ3) is 3.86. The van der Waals surface area contributed by atoms with Gasteiger partial charge in [-0.3, -0.25) is 4.90 Å². The van der Waals surface area contributed by atoms with Gasteiger partial charge in [-0.05, 0) is 34.1 Å². The molecule has 0 spiro atoms. The zero-order valence-electron chi connectivity index (χ0n) is 11.0. The number of nitrogens with zero attached hydrogens (tertiary/aromatic N) is 1. The molecule has 1 heterocycles. The predicted octanol–water partition coefficient (Wildman–Crippen LogP) is 1.89. The SMILES string of the molecule is CC1(C)CC(N(CCO)CC(F)F)C(C)(C)O1. The second-order valence-electron chi connectivity index (χ2n) is 5.79. The fourth-order valence-electron chi connectivity index (χ4n) is 2.78. The van der Waals surface area contributed by atoms with Gasteiger partial charge in [-0.15, -0.1) is 0 Å². The normalized spacial score (nSPS) is 27.0. The number of rotatable bonds is 5. The van der Waals surface area contributed by atoms with Crippen LogP contribution in [0.5, 0.6) is 0 Å². The van der Waals surface area contributed by atoms with Crippen LogP contribution in [0, 0.1) is 0 Å². The number of alkyl halides is 2. The average molecular weight is 251 g/mol. The Bertz CT molecular complexity index is 257. The van der Waals surface area contributed by atoms with Gasteiger partial charge in [0.25, 0.3) is 6.43 Å². The lowest BCUT2D eigenvalue weighted by molar-refractivity contribution is -0.0847. The fraction of sp³-hybridized carbons (Fsp3) is 1.00. The highest BCUT2D eigenvalue weighted by Gasteiger charge is 2.48. The van der Waals surface area contributed by atoms with Gasteiger partial charge in [-0.1, -0.05) is 0 Å². The van der Waals surface area contributed by atoms with Gasteiger partial charge in [-0.2, -0.15) is 0 Å². The van der Waals surface area contributed by atoms with Crippen LogP contribution >= 0.6 is 0 Å². The Morgan fingerprint density at radius 2 is 1.94 bits per heavy atom. The smallest absolute Gasteiger partial charge is 0.251 e. The maximum absolute atomic E-state index is 12.5. The van der Waals surface area contributed by atoms with E-state index in [9.17, 15) is 8.78 Å². The maximum Gasteiger partial charge on any atom is 0.251 e. The summed E-state index contributed by atoms with van der Waals surface area (Å²) < 4.78 is 31.0. The van der Waals surface area contributed by atoms with Crippen LogP contribution in [0.2, 0.25) is 0 Å². The largest absolute Gasteiger partial charge is 0.395 e. The molecular weight excluding hydrogens is 228 g/mol. The van der Waals surface area contributed by atoms with E-state index in [4.69, 9.17) is 9.84 Å². The van der Waals surface area contributed by atoms with Crippen molar-refractivity contribution < 1.29 is 18.6 Å². The van der Waals surface area contributed by atoms with Gasteiger partial charge in [0.05, 0.1) is 24.4 Å². The van der Waals surface area contributed by atoms with E-state index >= 15 is 0 Å². The zero-order chi connectivity index (χ0) is 13.3. The second kappa shape index (κ2) is 5.16. The first-order valence-corrected chi connectivity index (χ1v) is 6.01. The molecule has 5 heteroatoms. The van der Waals surface area contributed by atoms with Gasteiger partial charge in [0.1, 0.15) is 0 Å². The van der Waals surface area contributed by atoms with Crippen LogP contribution in [0.3, 0.4) is 0 Å². The highest BCUT2D eigenvalue weighted by Crippen LogP contribution is 2.40. The number of halogens is 2. The Kier molecular flexibility index (Phi) is 4.49.